The summed E-state index contributed by atoms with van der Waals surface area (Å²) in [5, 5.41) is 3.58. The standard InChI is InChI=1S/C25H26N2O3/c1-15-8-11-22-20(12-15)24(19-6-4-5-7-21(19)27-22)25(29)30-14-23(28)26-18-10-9-16(2)17(3)13-18/h4-7,9-10,13,15H,8,11-12,14H2,1-3H3,(H,26,28). The van der Waals surface area contributed by atoms with Crippen LogP contribution in [0.25, 0.3) is 10.9 Å². The second-order valence-corrected chi connectivity index (χ2v) is 8.20. The van der Waals surface area contributed by atoms with Gasteiger partial charge in [-0.3, -0.25) is 9.78 Å². The van der Waals surface area contributed by atoms with Crippen LogP contribution in [-0.4, -0.2) is 23.5 Å². The summed E-state index contributed by atoms with van der Waals surface area (Å²) in [7, 11) is 0. The predicted octanol–water partition coefficient (Wildman–Crippen LogP) is 4.77. The van der Waals surface area contributed by atoms with Crippen LogP contribution in [0.1, 0.15) is 46.1 Å². The Kier molecular flexibility index (Phi) is 5.53. The molecule has 5 heteroatoms. The highest BCUT2D eigenvalue weighted by Crippen LogP contribution is 2.32. The van der Waals surface area contributed by atoms with Gasteiger partial charge in [0.1, 0.15) is 0 Å². The van der Waals surface area contributed by atoms with E-state index in [1.54, 1.807) is 0 Å². The zero-order chi connectivity index (χ0) is 21.3. The first-order valence-electron chi connectivity index (χ1n) is 10.4. The van der Waals surface area contributed by atoms with Crippen molar-refractivity contribution < 1.29 is 14.3 Å². The number of hydrogen-bond acceptors (Lipinski definition) is 4. The Labute approximate surface area is 176 Å². The lowest BCUT2D eigenvalue weighted by Crippen LogP contribution is -2.23. The first kappa shape index (κ1) is 20.1. The predicted molar refractivity (Wildman–Crippen MR) is 118 cm³/mol. The summed E-state index contributed by atoms with van der Waals surface area (Å²) in [5.74, 6) is -0.332. The Hall–Kier alpha value is -3.21. The number of fused-ring (bicyclic) bond motifs is 2. The molecule has 4 rings (SSSR count). The van der Waals surface area contributed by atoms with Gasteiger partial charge in [0.05, 0.1) is 11.1 Å². The first-order valence-corrected chi connectivity index (χ1v) is 10.4. The number of nitrogens with one attached hydrogen (secondary N) is 1. The van der Waals surface area contributed by atoms with E-state index in [2.05, 4.69) is 12.2 Å². The van der Waals surface area contributed by atoms with Gasteiger partial charge in [-0.2, -0.15) is 0 Å². The van der Waals surface area contributed by atoms with Crippen molar-refractivity contribution in [3.8, 4) is 0 Å². The lowest BCUT2D eigenvalue weighted by molar-refractivity contribution is -0.119. The maximum Gasteiger partial charge on any atom is 0.339 e. The molecule has 0 bridgehead atoms. The van der Waals surface area contributed by atoms with E-state index in [0.717, 1.165) is 52.5 Å². The average molecular weight is 402 g/mol. The zero-order valence-electron chi connectivity index (χ0n) is 17.6. The van der Waals surface area contributed by atoms with Crippen LogP contribution in [-0.2, 0) is 22.4 Å². The van der Waals surface area contributed by atoms with Gasteiger partial charge in [-0.15, -0.1) is 0 Å². The summed E-state index contributed by atoms with van der Waals surface area (Å²) in [4.78, 5) is 30.2. The fraction of sp³-hybridized carbons (Fsp3) is 0.320. The third-order valence-corrected chi connectivity index (χ3v) is 5.83. The zero-order valence-corrected chi connectivity index (χ0v) is 17.6. The minimum Gasteiger partial charge on any atom is -0.452 e. The van der Waals surface area contributed by atoms with Crippen molar-refractivity contribution in [3.05, 3.63) is 70.4 Å². The molecule has 0 radical (unpaired) electrons. The van der Waals surface area contributed by atoms with Crippen LogP contribution in [0.3, 0.4) is 0 Å². The summed E-state index contributed by atoms with van der Waals surface area (Å²) in [6.07, 6.45) is 2.71. The molecule has 1 aliphatic rings. The number of pyridine rings is 1. The number of amides is 1. The summed E-state index contributed by atoms with van der Waals surface area (Å²) >= 11 is 0. The molecule has 1 heterocycles. The Morgan fingerprint density at radius 3 is 2.73 bits per heavy atom. The minimum absolute atomic E-state index is 0.327. The van der Waals surface area contributed by atoms with Crippen LogP contribution in [0.15, 0.2) is 42.5 Å². The van der Waals surface area contributed by atoms with Gasteiger partial charge >= 0.3 is 5.97 Å². The van der Waals surface area contributed by atoms with Gasteiger partial charge in [-0.05, 0) is 73.9 Å². The molecule has 0 saturated carbocycles. The van der Waals surface area contributed by atoms with Gasteiger partial charge in [0, 0.05) is 16.8 Å². The molecule has 30 heavy (non-hydrogen) atoms. The Morgan fingerprint density at radius 2 is 1.93 bits per heavy atom. The summed E-state index contributed by atoms with van der Waals surface area (Å²) in [6.45, 7) is 5.87. The van der Waals surface area contributed by atoms with Gasteiger partial charge in [0.25, 0.3) is 5.91 Å². The number of aromatic nitrogens is 1. The second kappa shape index (κ2) is 8.27. The van der Waals surface area contributed by atoms with Gasteiger partial charge < -0.3 is 10.1 Å². The molecular formula is C25H26N2O3. The first-order chi connectivity index (χ1) is 14.4. The van der Waals surface area contributed by atoms with Crippen LogP contribution in [0, 0.1) is 19.8 Å². The number of aryl methyl sites for hydroxylation is 3. The molecule has 1 amide bonds. The molecule has 0 aliphatic heterocycles. The van der Waals surface area contributed by atoms with Crippen molar-refractivity contribution in [2.24, 2.45) is 5.92 Å². The van der Waals surface area contributed by atoms with Gasteiger partial charge in [0.15, 0.2) is 6.61 Å². The van der Waals surface area contributed by atoms with Crippen LogP contribution in [0.4, 0.5) is 5.69 Å². The summed E-state index contributed by atoms with van der Waals surface area (Å²) < 4.78 is 5.45. The van der Waals surface area contributed by atoms with E-state index in [1.165, 1.54) is 0 Å². The van der Waals surface area contributed by atoms with Crippen LogP contribution in [0.2, 0.25) is 0 Å². The maximum atomic E-state index is 13.1. The monoisotopic (exact) mass is 402 g/mol. The molecule has 0 spiro atoms. The van der Waals surface area contributed by atoms with Crippen LogP contribution >= 0.6 is 0 Å². The maximum absolute atomic E-state index is 13.1. The van der Waals surface area contributed by atoms with Crippen molar-refractivity contribution in [3.63, 3.8) is 0 Å². The molecule has 1 N–H and O–H groups in total. The highest BCUT2D eigenvalue weighted by atomic mass is 16.5. The molecular weight excluding hydrogens is 376 g/mol. The number of carbonyl (C=O) groups is 2. The molecule has 1 unspecified atom stereocenters. The third-order valence-electron chi connectivity index (χ3n) is 5.83. The van der Waals surface area contributed by atoms with E-state index < -0.39 is 5.97 Å². The van der Waals surface area contributed by atoms with E-state index in [9.17, 15) is 9.59 Å². The summed E-state index contributed by atoms with van der Waals surface area (Å²) in [6, 6.07) is 13.3. The van der Waals surface area contributed by atoms with Crippen molar-refractivity contribution in [1.29, 1.82) is 0 Å². The lowest BCUT2D eigenvalue weighted by atomic mass is 9.84. The number of anilines is 1. The van der Waals surface area contributed by atoms with E-state index in [-0.39, 0.29) is 12.5 Å². The topological polar surface area (TPSA) is 68.3 Å². The number of benzene rings is 2. The Morgan fingerprint density at radius 1 is 1.13 bits per heavy atom. The number of rotatable bonds is 4. The smallest absolute Gasteiger partial charge is 0.339 e. The van der Waals surface area contributed by atoms with Crippen LogP contribution < -0.4 is 5.32 Å². The third kappa shape index (κ3) is 4.06. The molecule has 0 saturated heterocycles. The Bertz CT molecular complexity index is 1140. The van der Waals surface area contributed by atoms with E-state index in [0.29, 0.717) is 17.2 Å². The number of ether oxygens (including phenoxy) is 1. The largest absolute Gasteiger partial charge is 0.452 e. The fourth-order valence-corrected chi connectivity index (χ4v) is 4.02. The van der Waals surface area contributed by atoms with E-state index in [4.69, 9.17) is 9.72 Å². The van der Waals surface area contributed by atoms with Gasteiger partial charge in [0.2, 0.25) is 0 Å². The fourth-order valence-electron chi connectivity index (χ4n) is 4.02. The Balaban J connectivity index is 1.55. The second-order valence-electron chi connectivity index (χ2n) is 8.20. The minimum atomic E-state index is -0.464. The molecule has 154 valence electrons. The molecule has 1 aliphatic carbocycles. The number of nitrogens with zero attached hydrogens (tertiary/aromatic N) is 1. The normalized spacial score (nSPS) is 15.5. The quantitative estimate of drug-likeness (QED) is 0.638. The molecule has 1 atom stereocenters. The average Bonchev–Trinajstić information content (AvgIpc) is 2.73. The number of esters is 1. The molecule has 1 aromatic heterocycles. The number of carbonyl (C=O) groups excluding carboxylic acids is 2. The van der Waals surface area contributed by atoms with Gasteiger partial charge in [-0.25, -0.2) is 4.79 Å². The SMILES string of the molecule is Cc1ccc(NC(=O)COC(=O)c2c3c(nc4ccccc24)CCC(C)C3)cc1C. The van der Waals surface area contributed by atoms with Crippen molar-refractivity contribution in [2.45, 2.75) is 40.0 Å². The van der Waals surface area contributed by atoms with Crippen molar-refractivity contribution in [1.82, 2.24) is 4.98 Å². The van der Waals surface area contributed by atoms with Crippen molar-refractivity contribution in [2.75, 3.05) is 11.9 Å². The lowest BCUT2D eigenvalue weighted by Gasteiger charge is -2.24. The van der Waals surface area contributed by atoms with Crippen LogP contribution in [0.5, 0.6) is 0 Å². The van der Waals surface area contributed by atoms with E-state index in [1.807, 2.05) is 56.3 Å². The molecule has 5 nitrogen and oxygen atoms in total. The molecule has 0 fully saturated rings. The van der Waals surface area contributed by atoms with E-state index >= 15 is 0 Å². The highest BCUT2D eigenvalue weighted by Gasteiger charge is 2.26. The molecule has 3 aromatic rings. The summed E-state index contributed by atoms with van der Waals surface area (Å²) in [5.41, 5.74) is 6.22. The van der Waals surface area contributed by atoms with Crippen molar-refractivity contribution >= 4 is 28.5 Å². The highest BCUT2D eigenvalue weighted by molar-refractivity contribution is 6.06. The number of hydrogen-bond donors (Lipinski definition) is 1. The molecule has 2 aromatic carbocycles. The van der Waals surface area contributed by atoms with Gasteiger partial charge in [-0.1, -0.05) is 31.2 Å². The number of para-hydroxylation sites is 1.